The van der Waals surface area contributed by atoms with Crippen molar-refractivity contribution in [2.24, 2.45) is 5.73 Å². The number of aromatic nitrogens is 2. The Bertz CT molecular complexity index is 1170. The fraction of sp³-hybridized carbons (Fsp3) is 0.613. The van der Waals surface area contributed by atoms with Gasteiger partial charge in [0.05, 0.1) is 16.7 Å². The number of nitriles is 1. The van der Waals surface area contributed by atoms with Crippen molar-refractivity contribution in [1.29, 1.82) is 5.26 Å². The Kier molecular flexibility index (Phi) is 11.6. The van der Waals surface area contributed by atoms with E-state index in [4.69, 9.17) is 27.2 Å². The van der Waals surface area contributed by atoms with Gasteiger partial charge in [-0.15, -0.1) is 10.2 Å². The van der Waals surface area contributed by atoms with Crippen LogP contribution >= 0.6 is 11.6 Å². The average Bonchev–Trinajstić information content (AvgIpc) is 3.00. The first kappa shape index (κ1) is 31.0. The van der Waals surface area contributed by atoms with Gasteiger partial charge in [0.1, 0.15) is 11.8 Å². The molecule has 1 aliphatic carbocycles. The topological polar surface area (TPSA) is 129 Å². The van der Waals surface area contributed by atoms with E-state index in [0.29, 0.717) is 22.7 Å². The molecule has 41 heavy (non-hydrogen) atoms. The standard InChI is InChI=1S/C31H43ClN6O3/c1-22-28(13-7-23(21-33)30(22)32)41-26-10-8-24(9-11-26)38(17-5-3-2-4-6-20-39)25-15-18-37(19-16-25)29-14-12-27(31(34)40)35-36-29/h7,12-14,24-26,39H,2-6,8-11,15-20H2,1H3,(H2,34,40). The van der Waals surface area contributed by atoms with E-state index in [0.717, 1.165) is 88.1 Å². The van der Waals surface area contributed by atoms with Crippen LogP contribution in [0.3, 0.4) is 0 Å². The number of carbonyl (C=O) groups excluding carboxylic acids is 1. The number of ether oxygens (including phenoxy) is 1. The second kappa shape index (κ2) is 15.3. The van der Waals surface area contributed by atoms with Gasteiger partial charge in [0, 0.05) is 37.3 Å². The van der Waals surface area contributed by atoms with Crippen LogP contribution in [-0.4, -0.2) is 70.5 Å². The smallest absolute Gasteiger partial charge is 0.269 e. The van der Waals surface area contributed by atoms with Crippen molar-refractivity contribution in [2.45, 2.75) is 95.7 Å². The Labute approximate surface area is 248 Å². The van der Waals surface area contributed by atoms with E-state index in [9.17, 15) is 10.1 Å². The summed E-state index contributed by atoms with van der Waals surface area (Å²) in [7, 11) is 0. The number of hydrogen-bond donors (Lipinski definition) is 2. The molecule has 4 rings (SSSR count). The molecule has 1 saturated heterocycles. The fourth-order valence-corrected chi connectivity index (χ4v) is 6.41. The molecule has 0 bridgehead atoms. The molecule has 1 aliphatic heterocycles. The number of carbonyl (C=O) groups is 1. The molecule has 1 aromatic carbocycles. The van der Waals surface area contributed by atoms with Crippen molar-refractivity contribution in [1.82, 2.24) is 15.1 Å². The molecular weight excluding hydrogens is 540 g/mol. The molecule has 3 N–H and O–H groups in total. The third-order valence-corrected chi connectivity index (χ3v) is 9.09. The molecule has 0 atom stereocenters. The molecule has 2 aromatic rings. The van der Waals surface area contributed by atoms with Gasteiger partial charge in [0.2, 0.25) is 0 Å². The number of benzene rings is 1. The first-order chi connectivity index (χ1) is 19.9. The third kappa shape index (κ3) is 8.31. The molecular formula is C31H43ClN6O3. The number of piperidine rings is 1. The molecule has 2 fully saturated rings. The lowest BCUT2D eigenvalue weighted by atomic mass is 9.89. The molecule has 2 aliphatic rings. The zero-order valence-electron chi connectivity index (χ0n) is 24.1. The number of unbranched alkanes of at least 4 members (excludes halogenated alkanes) is 4. The molecule has 1 saturated carbocycles. The van der Waals surface area contributed by atoms with Gasteiger partial charge in [-0.2, -0.15) is 5.26 Å². The van der Waals surface area contributed by atoms with E-state index in [1.165, 1.54) is 19.3 Å². The number of anilines is 1. The minimum absolute atomic E-state index is 0.151. The molecule has 0 radical (unpaired) electrons. The summed E-state index contributed by atoms with van der Waals surface area (Å²) in [5.74, 6) is 1.00. The zero-order valence-corrected chi connectivity index (χ0v) is 24.9. The molecule has 0 spiro atoms. The zero-order chi connectivity index (χ0) is 29.2. The second-order valence-corrected chi connectivity index (χ2v) is 11.7. The maximum absolute atomic E-state index is 11.3. The summed E-state index contributed by atoms with van der Waals surface area (Å²) < 4.78 is 6.38. The minimum atomic E-state index is -0.564. The Hall–Kier alpha value is -2.93. The summed E-state index contributed by atoms with van der Waals surface area (Å²) in [6.45, 7) is 5.09. The molecule has 0 unspecified atom stereocenters. The summed E-state index contributed by atoms with van der Waals surface area (Å²) in [5.41, 5.74) is 6.81. The van der Waals surface area contributed by atoms with Crippen LogP contribution in [0.1, 0.15) is 92.2 Å². The van der Waals surface area contributed by atoms with Gasteiger partial charge in [-0.1, -0.05) is 30.9 Å². The predicted molar refractivity (Wildman–Crippen MR) is 160 cm³/mol. The summed E-state index contributed by atoms with van der Waals surface area (Å²) >= 11 is 6.37. The van der Waals surface area contributed by atoms with Crippen LogP contribution < -0.4 is 15.4 Å². The average molecular weight is 583 g/mol. The lowest BCUT2D eigenvalue weighted by Crippen LogP contribution is -2.51. The van der Waals surface area contributed by atoms with E-state index in [1.54, 1.807) is 12.1 Å². The Morgan fingerprint density at radius 2 is 1.73 bits per heavy atom. The van der Waals surface area contributed by atoms with Gasteiger partial charge in [-0.3, -0.25) is 9.69 Å². The summed E-state index contributed by atoms with van der Waals surface area (Å²) in [4.78, 5) is 16.4. The number of aliphatic hydroxyl groups excluding tert-OH is 1. The molecule has 1 aromatic heterocycles. The highest BCUT2D eigenvalue weighted by Crippen LogP contribution is 2.34. The molecule has 222 valence electrons. The van der Waals surface area contributed by atoms with E-state index in [-0.39, 0.29) is 18.4 Å². The van der Waals surface area contributed by atoms with Crippen molar-refractivity contribution in [3.8, 4) is 11.8 Å². The van der Waals surface area contributed by atoms with Crippen LogP contribution in [0, 0.1) is 18.3 Å². The van der Waals surface area contributed by atoms with Crippen LogP contribution in [-0.2, 0) is 0 Å². The van der Waals surface area contributed by atoms with Crippen molar-refractivity contribution in [3.63, 3.8) is 0 Å². The van der Waals surface area contributed by atoms with Crippen molar-refractivity contribution in [2.75, 3.05) is 31.1 Å². The van der Waals surface area contributed by atoms with E-state index >= 15 is 0 Å². The van der Waals surface area contributed by atoms with Gasteiger partial charge in [-0.05, 0) is 89.1 Å². The van der Waals surface area contributed by atoms with E-state index < -0.39 is 5.91 Å². The largest absolute Gasteiger partial charge is 0.490 e. The minimum Gasteiger partial charge on any atom is -0.490 e. The molecule has 2 heterocycles. The van der Waals surface area contributed by atoms with Crippen LogP contribution in [0.4, 0.5) is 5.82 Å². The molecule has 9 nitrogen and oxygen atoms in total. The molecule has 1 amide bonds. The Morgan fingerprint density at radius 3 is 2.37 bits per heavy atom. The van der Waals surface area contributed by atoms with Gasteiger partial charge in [-0.25, -0.2) is 0 Å². The van der Waals surface area contributed by atoms with Crippen LogP contribution in [0.25, 0.3) is 0 Å². The van der Waals surface area contributed by atoms with Gasteiger partial charge in [0.15, 0.2) is 11.5 Å². The van der Waals surface area contributed by atoms with E-state index in [2.05, 4.69) is 26.1 Å². The summed E-state index contributed by atoms with van der Waals surface area (Å²) in [6, 6.07) is 10.3. The number of halogens is 1. The maximum atomic E-state index is 11.3. The summed E-state index contributed by atoms with van der Waals surface area (Å²) in [6.07, 6.45) is 12.0. The monoisotopic (exact) mass is 582 g/mol. The lowest BCUT2D eigenvalue weighted by Gasteiger charge is -2.45. The number of primary amides is 1. The number of rotatable bonds is 13. The van der Waals surface area contributed by atoms with Crippen LogP contribution in [0.5, 0.6) is 5.75 Å². The van der Waals surface area contributed by atoms with Gasteiger partial charge >= 0.3 is 0 Å². The van der Waals surface area contributed by atoms with Gasteiger partial charge < -0.3 is 20.5 Å². The third-order valence-electron chi connectivity index (χ3n) is 8.60. The van der Waals surface area contributed by atoms with Crippen LogP contribution in [0.2, 0.25) is 5.02 Å². The van der Waals surface area contributed by atoms with Crippen molar-refractivity contribution in [3.05, 3.63) is 46.1 Å². The van der Waals surface area contributed by atoms with Gasteiger partial charge in [0.25, 0.3) is 5.91 Å². The van der Waals surface area contributed by atoms with Crippen molar-refractivity contribution >= 4 is 23.3 Å². The highest BCUT2D eigenvalue weighted by atomic mass is 35.5. The SMILES string of the molecule is Cc1c(OC2CCC(N(CCCCCCCO)C3CCN(c4ccc(C(N)=O)nn4)CC3)CC2)ccc(C#N)c1Cl. The second-order valence-electron chi connectivity index (χ2n) is 11.3. The number of hydrogen-bond acceptors (Lipinski definition) is 8. The first-order valence-electron chi connectivity index (χ1n) is 15.0. The predicted octanol–water partition coefficient (Wildman–Crippen LogP) is 5.01. The van der Waals surface area contributed by atoms with Crippen molar-refractivity contribution < 1.29 is 14.6 Å². The number of nitrogens with zero attached hydrogens (tertiary/aromatic N) is 5. The number of nitrogens with two attached hydrogens (primary N) is 1. The first-order valence-corrected chi connectivity index (χ1v) is 15.4. The number of amides is 1. The fourth-order valence-electron chi connectivity index (χ4n) is 6.21. The normalized spacial score (nSPS) is 19.7. The highest BCUT2D eigenvalue weighted by Gasteiger charge is 2.33. The Morgan fingerprint density at radius 1 is 1.05 bits per heavy atom. The quantitative estimate of drug-likeness (QED) is 0.315. The lowest BCUT2D eigenvalue weighted by molar-refractivity contribution is 0.0517. The van der Waals surface area contributed by atoms with Crippen LogP contribution in [0.15, 0.2) is 24.3 Å². The number of aliphatic hydroxyl groups is 1. The summed E-state index contributed by atoms with van der Waals surface area (Å²) in [5, 5.41) is 27.0. The molecule has 10 heteroatoms. The maximum Gasteiger partial charge on any atom is 0.269 e. The highest BCUT2D eigenvalue weighted by molar-refractivity contribution is 6.32. The Balaban J connectivity index is 1.34. The van der Waals surface area contributed by atoms with E-state index in [1.807, 2.05) is 19.1 Å².